The van der Waals surface area contributed by atoms with Gasteiger partial charge >= 0.3 is 0 Å². The van der Waals surface area contributed by atoms with Gasteiger partial charge in [0.05, 0.1) is 0 Å². The molecule has 0 N–H and O–H groups in total. The lowest BCUT2D eigenvalue weighted by Crippen LogP contribution is -2.25. The van der Waals surface area contributed by atoms with Crippen LogP contribution in [0.3, 0.4) is 0 Å². The lowest BCUT2D eigenvalue weighted by Gasteiger charge is -2.33. The summed E-state index contributed by atoms with van der Waals surface area (Å²) < 4.78 is 14.4. The maximum absolute atomic E-state index is 14.4. The summed E-state index contributed by atoms with van der Waals surface area (Å²) in [6.07, 6.45) is 6.92. The van der Waals surface area contributed by atoms with Crippen LogP contribution in [0.2, 0.25) is 0 Å². The van der Waals surface area contributed by atoms with Crippen LogP contribution in [0.1, 0.15) is 93.3 Å². The van der Waals surface area contributed by atoms with Crippen molar-refractivity contribution in [2.24, 2.45) is 11.3 Å². The summed E-state index contributed by atoms with van der Waals surface area (Å²) in [5.41, 5.74) is 4.10. The molecule has 1 aromatic rings. The maximum Gasteiger partial charge on any atom is 0.222 e. The summed E-state index contributed by atoms with van der Waals surface area (Å²) in [6.45, 7) is 14.9. The zero-order chi connectivity index (χ0) is 20.4. The van der Waals surface area contributed by atoms with E-state index in [1.807, 2.05) is 13.8 Å². The molecule has 0 saturated heterocycles. The largest absolute Gasteiger partial charge is 0.315 e. The van der Waals surface area contributed by atoms with E-state index in [1.54, 1.807) is 0 Å². The van der Waals surface area contributed by atoms with E-state index in [-0.39, 0.29) is 16.6 Å². The van der Waals surface area contributed by atoms with Crippen LogP contribution in [0.5, 0.6) is 0 Å². The Kier molecular flexibility index (Phi) is 7.17. The Morgan fingerprint density at radius 3 is 2.07 bits per heavy atom. The number of carbonyl (C=O) groups excluding carboxylic acids is 1. The van der Waals surface area contributed by atoms with Crippen LogP contribution in [-0.2, 0) is 4.57 Å². The summed E-state index contributed by atoms with van der Waals surface area (Å²) in [5.74, 6) is 0.299. The Morgan fingerprint density at radius 2 is 1.59 bits per heavy atom. The quantitative estimate of drug-likeness (QED) is 0.471. The van der Waals surface area contributed by atoms with Gasteiger partial charge in [-0.25, -0.2) is 0 Å². The molecule has 1 saturated carbocycles. The van der Waals surface area contributed by atoms with Crippen molar-refractivity contribution >= 4 is 12.7 Å². The predicted octanol–water partition coefficient (Wildman–Crippen LogP) is 7.52. The third-order valence-corrected chi connectivity index (χ3v) is 9.72. The number of hydrogen-bond acceptors (Lipinski definition) is 2. The molecule has 0 bridgehead atoms. The number of benzene rings is 1. The predicted molar refractivity (Wildman–Crippen MR) is 118 cm³/mol. The fourth-order valence-corrected chi connectivity index (χ4v) is 8.96. The Hall–Kier alpha value is -0.880. The molecule has 152 valence electrons. The normalized spacial score (nSPS) is 19.5. The van der Waals surface area contributed by atoms with Gasteiger partial charge in [0.25, 0.3) is 0 Å². The Morgan fingerprint density at radius 1 is 1.07 bits per heavy atom. The van der Waals surface area contributed by atoms with Crippen LogP contribution < -0.4 is 0 Å². The molecule has 1 aromatic carbocycles. The number of hydrogen-bond donors (Lipinski definition) is 0. The minimum Gasteiger partial charge on any atom is -0.315 e. The van der Waals surface area contributed by atoms with Crippen molar-refractivity contribution in [2.45, 2.75) is 92.7 Å². The van der Waals surface area contributed by atoms with Gasteiger partial charge in [-0.05, 0) is 62.5 Å². The number of carbonyl (C=O) groups is 1. The van der Waals surface area contributed by atoms with Gasteiger partial charge in [0.1, 0.15) is 0 Å². The van der Waals surface area contributed by atoms with Gasteiger partial charge in [-0.1, -0.05) is 64.7 Å². The van der Waals surface area contributed by atoms with E-state index >= 15 is 0 Å². The zero-order valence-electron chi connectivity index (χ0n) is 18.5. The Bertz CT molecular complexity index is 697. The monoisotopic (exact) mass is 390 g/mol. The molecule has 0 amide bonds. The first-order chi connectivity index (χ1) is 12.4. The fraction of sp³-hybridized carbons (Fsp3) is 0.708. The molecule has 0 aromatic heterocycles. The summed E-state index contributed by atoms with van der Waals surface area (Å²) in [6, 6.07) is 4.12. The first-order valence-electron chi connectivity index (χ1n) is 10.7. The molecule has 1 aliphatic rings. The average molecular weight is 391 g/mol. The molecule has 2 rings (SSSR count). The molecule has 3 heteroatoms. The summed E-state index contributed by atoms with van der Waals surface area (Å²) in [7, 11) is -2.96. The topological polar surface area (TPSA) is 34.1 Å². The molecule has 2 nitrogen and oxygen atoms in total. The molecule has 0 radical (unpaired) electrons. The van der Waals surface area contributed by atoms with Gasteiger partial charge in [0.2, 0.25) is 5.52 Å². The first-order valence-corrected chi connectivity index (χ1v) is 12.6. The standard InChI is InChI=1S/C24H39O2P/c1-17-13-19(3)22(20(4)14-17)23(25)27(26,21-11-9-8-10-12-21)16-18(2)15-24(5,6)7/h13-14,18,21H,8-12,15-16H2,1-7H3. The van der Waals surface area contributed by atoms with E-state index in [4.69, 9.17) is 0 Å². The van der Waals surface area contributed by atoms with Crippen molar-refractivity contribution in [1.82, 2.24) is 0 Å². The summed E-state index contributed by atoms with van der Waals surface area (Å²) in [5, 5.41) is 0. The van der Waals surface area contributed by atoms with Crippen molar-refractivity contribution in [2.75, 3.05) is 6.16 Å². The van der Waals surface area contributed by atoms with Crippen LogP contribution in [0.25, 0.3) is 0 Å². The van der Waals surface area contributed by atoms with Crippen molar-refractivity contribution < 1.29 is 9.36 Å². The van der Waals surface area contributed by atoms with E-state index in [1.165, 1.54) is 6.42 Å². The van der Waals surface area contributed by atoms with Crippen molar-refractivity contribution in [1.29, 1.82) is 0 Å². The third kappa shape index (κ3) is 5.57. The summed E-state index contributed by atoms with van der Waals surface area (Å²) >= 11 is 0. The molecule has 0 spiro atoms. The van der Waals surface area contributed by atoms with Crippen LogP contribution in [0.15, 0.2) is 12.1 Å². The second-order valence-electron chi connectivity index (χ2n) is 10.2. The smallest absolute Gasteiger partial charge is 0.222 e. The van der Waals surface area contributed by atoms with Crippen LogP contribution >= 0.6 is 7.14 Å². The minimum atomic E-state index is -2.96. The second-order valence-corrected chi connectivity index (χ2v) is 13.3. The van der Waals surface area contributed by atoms with Crippen molar-refractivity contribution in [3.63, 3.8) is 0 Å². The fourth-order valence-electron chi connectivity index (χ4n) is 5.18. The average Bonchev–Trinajstić information content (AvgIpc) is 2.52. The van der Waals surface area contributed by atoms with Gasteiger partial charge in [0, 0.05) is 17.4 Å². The highest BCUT2D eigenvalue weighted by Gasteiger charge is 2.43. The zero-order valence-corrected chi connectivity index (χ0v) is 19.4. The molecule has 2 atom stereocenters. The molecule has 1 fully saturated rings. The molecule has 0 heterocycles. The van der Waals surface area contributed by atoms with E-state index in [0.29, 0.717) is 12.1 Å². The molecule has 2 unspecified atom stereocenters. The van der Waals surface area contributed by atoms with E-state index in [2.05, 4.69) is 46.8 Å². The SMILES string of the molecule is Cc1cc(C)c(C(=O)P(=O)(CC(C)CC(C)(C)C)C2CCCCC2)c(C)c1. The Balaban J connectivity index is 2.43. The second kappa shape index (κ2) is 8.64. The van der Waals surface area contributed by atoms with Gasteiger partial charge in [0.15, 0.2) is 7.14 Å². The molecular weight excluding hydrogens is 351 g/mol. The van der Waals surface area contributed by atoms with E-state index < -0.39 is 7.14 Å². The molecule has 1 aliphatic carbocycles. The van der Waals surface area contributed by atoms with Crippen LogP contribution in [0.4, 0.5) is 0 Å². The van der Waals surface area contributed by atoms with E-state index in [9.17, 15) is 9.36 Å². The molecule has 27 heavy (non-hydrogen) atoms. The van der Waals surface area contributed by atoms with E-state index in [0.717, 1.165) is 54.4 Å². The lowest BCUT2D eigenvalue weighted by molar-refractivity contribution is 0.106. The van der Waals surface area contributed by atoms with Gasteiger partial charge in [-0.2, -0.15) is 0 Å². The summed E-state index contributed by atoms with van der Waals surface area (Å²) in [4.78, 5) is 13.8. The number of rotatable bonds is 6. The van der Waals surface area contributed by atoms with Crippen molar-refractivity contribution in [3.8, 4) is 0 Å². The van der Waals surface area contributed by atoms with Crippen LogP contribution in [0, 0.1) is 32.1 Å². The number of aryl methyl sites for hydroxylation is 3. The maximum atomic E-state index is 14.4. The van der Waals surface area contributed by atoms with Crippen molar-refractivity contribution in [3.05, 3.63) is 34.4 Å². The van der Waals surface area contributed by atoms with Gasteiger partial charge in [-0.3, -0.25) is 4.79 Å². The third-order valence-electron chi connectivity index (χ3n) is 5.94. The van der Waals surface area contributed by atoms with Crippen LogP contribution in [-0.4, -0.2) is 17.3 Å². The minimum absolute atomic E-state index is 0.0369. The van der Waals surface area contributed by atoms with Gasteiger partial charge < -0.3 is 4.57 Å². The molecular formula is C24H39O2P. The highest BCUT2D eigenvalue weighted by Crippen LogP contribution is 2.60. The first kappa shape index (κ1) is 22.4. The highest BCUT2D eigenvalue weighted by molar-refractivity contribution is 7.81. The van der Waals surface area contributed by atoms with Gasteiger partial charge in [-0.15, -0.1) is 0 Å². The lowest BCUT2D eigenvalue weighted by atomic mass is 9.86. The highest BCUT2D eigenvalue weighted by atomic mass is 31.2. The Labute approximate surface area is 166 Å². The molecule has 0 aliphatic heterocycles.